The van der Waals surface area contributed by atoms with Gasteiger partial charge in [-0.2, -0.15) is 5.10 Å². The van der Waals surface area contributed by atoms with Gasteiger partial charge in [-0.05, 0) is 36.4 Å². The van der Waals surface area contributed by atoms with Gasteiger partial charge in [0.1, 0.15) is 0 Å². The maximum absolute atomic E-state index is 12.8. The van der Waals surface area contributed by atoms with Gasteiger partial charge in [-0.1, -0.05) is 43.3 Å². The number of fused-ring (bicyclic) bond motifs is 2. The second kappa shape index (κ2) is 8.08. The predicted molar refractivity (Wildman–Crippen MR) is 118 cm³/mol. The van der Waals surface area contributed by atoms with E-state index < -0.39 is 11.8 Å². The van der Waals surface area contributed by atoms with Crippen LogP contribution in [0.3, 0.4) is 0 Å². The molecule has 0 saturated heterocycles. The summed E-state index contributed by atoms with van der Waals surface area (Å²) in [6.07, 6.45) is 0.703. The summed E-state index contributed by atoms with van der Waals surface area (Å²) >= 11 is 1.37. The minimum Gasteiger partial charge on any atom is -0.267 e. The number of rotatable bonds is 4. The smallest absolute Gasteiger partial charge is 0.267 e. The van der Waals surface area contributed by atoms with E-state index in [9.17, 15) is 14.4 Å². The average molecular weight is 420 g/mol. The quantitative estimate of drug-likeness (QED) is 0.495. The van der Waals surface area contributed by atoms with Gasteiger partial charge >= 0.3 is 0 Å². The number of aryl methyl sites for hydroxylation is 2. The van der Waals surface area contributed by atoms with Crippen molar-refractivity contribution in [3.63, 3.8) is 0 Å². The number of nitrogens with one attached hydrogen (secondary N) is 2. The molecule has 8 heteroatoms. The topological polar surface area (TPSA) is 93.1 Å². The maximum Gasteiger partial charge on any atom is 0.290 e. The molecule has 0 aliphatic rings. The van der Waals surface area contributed by atoms with Crippen LogP contribution in [-0.4, -0.2) is 21.6 Å². The Kier molecular flexibility index (Phi) is 5.33. The molecule has 0 unspecified atom stereocenters. The third-order valence-corrected chi connectivity index (χ3v) is 6.13. The van der Waals surface area contributed by atoms with Gasteiger partial charge < -0.3 is 0 Å². The minimum atomic E-state index is -0.580. The minimum absolute atomic E-state index is 0.0898. The molecule has 4 rings (SSSR count). The standard InChI is InChI=1S/C22H20N4O3S/c1-3-12-26-22(29)16-10-5-4-9-15(16)18(25-26)20(27)23-24-21(28)19-13(2)14-8-6-7-11-17(14)30-19/h4-11H,3,12H2,1-2H3,(H,23,27)(H,24,28). The van der Waals surface area contributed by atoms with Crippen LogP contribution in [0.15, 0.2) is 53.3 Å². The van der Waals surface area contributed by atoms with Crippen LogP contribution in [0.5, 0.6) is 0 Å². The Morgan fingerprint density at radius 1 is 0.967 bits per heavy atom. The summed E-state index contributed by atoms with van der Waals surface area (Å²) in [5, 5.41) is 6.11. The first-order chi connectivity index (χ1) is 14.5. The highest BCUT2D eigenvalue weighted by atomic mass is 32.1. The van der Waals surface area contributed by atoms with Crippen molar-refractivity contribution in [1.29, 1.82) is 0 Å². The number of hydrogen-bond acceptors (Lipinski definition) is 5. The zero-order chi connectivity index (χ0) is 21.3. The van der Waals surface area contributed by atoms with Gasteiger partial charge in [-0.3, -0.25) is 25.2 Å². The van der Waals surface area contributed by atoms with Gasteiger partial charge in [-0.25, -0.2) is 4.68 Å². The normalized spacial score (nSPS) is 11.0. The highest BCUT2D eigenvalue weighted by Gasteiger charge is 2.19. The molecule has 0 bridgehead atoms. The zero-order valence-corrected chi connectivity index (χ0v) is 17.4. The molecule has 2 N–H and O–H groups in total. The van der Waals surface area contributed by atoms with E-state index in [-0.39, 0.29) is 11.3 Å². The molecular formula is C22H20N4O3S. The van der Waals surface area contributed by atoms with Crippen molar-refractivity contribution in [2.75, 3.05) is 0 Å². The summed E-state index contributed by atoms with van der Waals surface area (Å²) < 4.78 is 2.29. The van der Waals surface area contributed by atoms with E-state index >= 15 is 0 Å². The van der Waals surface area contributed by atoms with E-state index in [2.05, 4.69) is 16.0 Å². The number of hydrazine groups is 1. The third kappa shape index (κ3) is 3.46. The fraction of sp³-hybridized carbons (Fsp3) is 0.182. The fourth-order valence-electron chi connectivity index (χ4n) is 3.39. The number of carbonyl (C=O) groups is 2. The summed E-state index contributed by atoms with van der Waals surface area (Å²) in [5.74, 6) is -0.976. The number of amides is 2. The lowest BCUT2D eigenvalue weighted by atomic mass is 10.1. The second-order valence-corrected chi connectivity index (χ2v) is 7.94. The van der Waals surface area contributed by atoms with E-state index in [1.54, 1.807) is 24.3 Å². The first-order valence-corrected chi connectivity index (χ1v) is 10.4. The van der Waals surface area contributed by atoms with Crippen LogP contribution >= 0.6 is 11.3 Å². The molecule has 0 saturated carbocycles. The molecule has 0 spiro atoms. The number of benzene rings is 2. The van der Waals surface area contributed by atoms with Crippen LogP contribution in [-0.2, 0) is 6.54 Å². The number of aromatic nitrogens is 2. The molecule has 4 aromatic rings. The monoisotopic (exact) mass is 420 g/mol. The molecule has 0 radical (unpaired) electrons. The van der Waals surface area contributed by atoms with Gasteiger partial charge in [0.25, 0.3) is 17.4 Å². The highest BCUT2D eigenvalue weighted by Crippen LogP contribution is 2.30. The van der Waals surface area contributed by atoms with E-state index in [0.29, 0.717) is 28.6 Å². The Labute approximate surface area is 176 Å². The van der Waals surface area contributed by atoms with Crippen molar-refractivity contribution >= 4 is 44.0 Å². The second-order valence-electron chi connectivity index (χ2n) is 6.88. The first-order valence-electron chi connectivity index (χ1n) is 9.60. The largest absolute Gasteiger partial charge is 0.290 e. The van der Waals surface area contributed by atoms with Crippen molar-refractivity contribution in [1.82, 2.24) is 20.6 Å². The number of hydrogen-bond donors (Lipinski definition) is 2. The maximum atomic E-state index is 12.8. The Morgan fingerprint density at radius 2 is 1.60 bits per heavy atom. The molecule has 2 aromatic carbocycles. The molecule has 0 atom stereocenters. The summed E-state index contributed by atoms with van der Waals surface area (Å²) in [4.78, 5) is 38.6. The van der Waals surface area contributed by atoms with Crippen molar-refractivity contribution in [2.24, 2.45) is 0 Å². The molecule has 2 amide bonds. The highest BCUT2D eigenvalue weighted by molar-refractivity contribution is 7.21. The SMILES string of the molecule is CCCn1nc(C(=O)NNC(=O)c2sc3ccccc3c2C)c2ccccc2c1=O. The van der Waals surface area contributed by atoms with Gasteiger partial charge in [0.15, 0.2) is 5.69 Å². The van der Waals surface area contributed by atoms with Crippen molar-refractivity contribution in [3.8, 4) is 0 Å². The van der Waals surface area contributed by atoms with Crippen molar-refractivity contribution in [3.05, 3.63) is 75.0 Å². The lowest BCUT2D eigenvalue weighted by Crippen LogP contribution is -2.42. The van der Waals surface area contributed by atoms with E-state index in [1.165, 1.54) is 16.0 Å². The van der Waals surface area contributed by atoms with Gasteiger partial charge in [0.2, 0.25) is 0 Å². The molecule has 0 fully saturated rings. The lowest BCUT2D eigenvalue weighted by Gasteiger charge is -2.11. The lowest BCUT2D eigenvalue weighted by molar-refractivity contribution is 0.0845. The van der Waals surface area contributed by atoms with E-state index in [4.69, 9.17) is 0 Å². The summed E-state index contributed by atoms with van der Waals surface area (Å²) in [6.45, 7) is 4.21. The summed E-state index contributed by atoms with van der Waals surface area (Å²) in [7, 11) is 0. The molecule has 0 aliphatic carbocycles. The molecule has 30 heavy (non-hydrogen) atoms. The van der Waals surface area contributed by atoms with Gasteiger partial charge in [0.05, 0.1) is 10.3 Å². The van der Waals surface area contributed by atoms with E-state index in [0.717, 1.165) is 15.6 Å². The van der Waals surface area contributed by atoms with Crippen LogP contribution in [0.2, 0.25) is 0 Å². The van der Waals surface area contributed by atoms with Crippen LogP contribution in [0.1, 0.15) is 39.1 Å². The summed E-state index contributed by atoms with van der Waals surface area (Å²) in [6, 6.07) is 14.6. The Hall–Kier alpha value is -3.52. The Balaban J connectivity index is 1.61. The molecular weight excluding hydrogens is 400 g/mol. The van der Waals surface area contributed by atoms with Crippen molar-refractivity contribution in [2.45, 2.75) is 26.8 Å². The first kappa shape index (κ1) is 19.8. The van der Waals surface area contributed by atoms with Crippen LogP contribution in [0.25, 0.3) is 20.9 Å². The summed E-state index contributed by atoms with van der Waals surface area (Å²) in [5.41, 5.74) is 5.63. The van der Waals surface area contributed by atoms with Crippen LogP contribution in [0.4, 0.5) is 0 Å². The average Bonchev–Trinajstić information content (AvgIpc) is 3.11. The van der Waals surface area contributed by atoms with E-state index in [1.807, 2.05) is 38.1 Å². The molecule has 2 aromatic heterocycles. The molecule has 0 aliphatic heterocycles. The van der Waals surface area contributed by atoms with Gasteiger partial charge in [0, 0.05) is 16.6 Å². The van der Waals surface area contributed by atoms with Gasteiger partial charge in [-0.15, -0.1) is 11.3 Å². The van der Waals surface area contributed by atoms with Crippen molar-refractivity contribution < 1.29 is 9.59 Å². The Morgan fingerprint density at radius 3 is 2.30 bits per heavy atom. The number of thiophene rings is 1. The zero-order valence-electron chi connectivity index (χ0n) is 16.6. The molecule has 7 nitrogen and oxygen atoms in total. The molecule has 2 heterocycles. The molecule has 152 valence electrons. The third-order valence-electron chi connectivity index (χ3n) is 4.86. The fourth-order valence-corrected chi connectivity index (χ4v) is 4.49. The predicted octanol–water partition coefficient (Wildman–Crippen LogP) is 3.40. The van der Waals surface area contributed by atoms with Crippen LogP contribution < -0.4 is 16.4 Å². The number of carbonyl (C=O) groups excluding carboxylic acids is 2. The van der Waals surface area contributed by atoms with Crippen LogP contribution in [0, 0.1) is 6.92 Å². The Bertz CT molecular complexity index is 1340. The number of nitrogens with zero attached hydrogens (tertiary/aromatic N) is 2.